The lowest BCUT2D eigenvalue weighted by molar-refractivity contribution is -0.115. The molecule has 2 aliphatic heterocycles. The Hall–Kier alpha value is -2.98. The molecule has 0 bridgehead atoms. The van der Waals surface area contributed by atoms with Crippen molar-refractivity contribution in [3.8, 4) is 0 Å². The Morgan fingerprint density at radius 2 is 1.77 bits per heavy atom. The molecule has 0 aliphatic carbocycles. The topological polar surface area (TPSA) is 52.9 Å². The van der Waals surface area contributed by atoms with Crippen molar-refractivity contribution in [1.29, 1.82) is 0 Å². The number of hydrogen-bond donors (Lipinski definition) is 1. The number of nitrogens with zero attached hydrogens (tertiary/aromatic N) is 2. The molecule has 0 radical (unpaired) electrons. The summed E-state index contributed by atoms with van der Waals surface area (Å²) in [5.41, 5.74) is 4.06. The van der Waals surface area contributed by atoms with Crippen LogP contribution in [0.1, 0.15) is 12.0 Å². The zero-order valence-corrected chi connectivity index (χ0v) is 14.4. The molecule has 1 atom stereocenters. The normalized spacial score (nSPS) is 19.2. The maximum absolute atomic E-state index is 12.9. The van der Waals surface area contributed by atoms with Gasteiger partial charge in [-0.3, -0.25) is 9.79 Å². The number of hydrogen-bond acceptors (Lipinski definition) is 4. The first-order valence-corrected chi connectivity index (χ1v) is 8.78. The van der Waals surface area contributed by atoms with Crippen LogP contribution in [0.3, 0.4) is 0 Å². The van der Waals surface area contributed by atoms with E-state index in [1.54, 1.807) is 12.4 Å². The van der Waals surface area contributed by atoms with Crippen LogP contribution in [0.2, 0.25) is 0 Å². The maximum atomic E-state index is 12.9. The van der Waals surface area contributed by atoms with Gasteiger partial charge in [0, 0.05) is 54.3 Å². The molecule has 0 saturated carbocycles. The van der Waals surface area contributed by atoms with E-state index < -0.39 is 6.10 Å². The second kappa shape index (κ2) is 7.10. The molecule has 2 aromatic carbocycles. The van der Waals surface area contributed by atoms with Crippen molar-refractivity contribution in [1.82, 2.24) is 0 Å². The molecule has 4 heteroatoms. The average Bonchev–Trinajstić information content (AvgIpc) is 2.70. The number of anilines is 1. The van der Waals surface area contributed by atoms with Crippen molar-refractivity contribution in [2.75, 3.05) is 11.4 Å². The van der Waals surface area contributed by atoms with Gasteiger partial charge < -0.3 is 10.0 Å². The highest BCUT2D eigenvalue weighted by Crippen LogP contribution is 2.33. The summed E-state index contributed by atoms with van der Waals surface area (Å²) in [5.74, 6) is -0.0739. The van der Waals surface area contributed by atoms with Crippen molar-refractivity contribution >= 4 is 17.7 Å². The zero-order valence-electron chi connectivity index (χ0n) is 14.4. The van der Waals surface area contributed by atoms with E-state index in [2.05, 4.69) is 4.99 Å². The molecular formula is C22H20N2O2. The molecule has 0 saturated heterocycles. The van der Waals surface area contributed by atoms with Crippen molar-refractivity contribution in [2.45, 2.75) is 18.9 Å². The molecule has 4 nitrogen and oxygen atoms in total. The third kappa shape index (κ3) is 3.11. The Kier molecular flexibility index (Phi) is 4.50. The van der Waals surface area contributed by atoms with E-state index >= 15 is 0 Å². The summed E-state index contributed by atoms with van der Waals surface area (Å²) in [6.45, 7) is 0.690. The van der Waals surface area contributed by atoms with Crippen molar-refractivity contribution in [3.05, 3.63) is 89.3 Å². The fraction of sp³-hybridized carbons (Fsp3) is 0.182. The van der Waals surface area contributed by atoms with E-state index in [-0.39, 0.29) is 12.2 Å². The Labute approximate surface area is 152 Å². The number of Topliss-reactive ketones (excluding diaryl/α,β-unsaturated/α-hetero) is 1. The van der Waals surface area contributed by atoms with Gasteiger partial charge in [0.25, 0.3) is 0 Å². The molecule has 130 valence electrons. The number of dihydropyridines is 1. The predicted octanol–water partition coefficient (Wildman–Crippen LogP) is 3.29. The number of ketones is 1. The Bertz CT molecular complexity index is 898. The van der Waals surface area contributed by atoms with Crippen molar-refractivity contribution < 1.29 is 9.90 Å². The monoisotopic (exact) mass is 344 g/mol. The van der Waals surface area contributed by atoms with Crippen LogP contribution in [-0.2, 0) is 11.2 Å². The maximum Gasteiger partial charge on any atom is 0.167 e. The molecule has 0 fully saturated rings. The second-order valence-corrected chi connectivity index (χ2v) is 6.47. The smallest absolute Gasteiger partial charge is 0.167 e. The number of carbonyl (C=O) groups is 1. The molecule has 1 unspecified atom stereocenters. The second-order valence-electron chi connectivity index (χ2n) is 6.47. The minimum Gasteiger partial charge on any atom is -0.383 e. The minimum absolute atomic E-state index is 0.0739. The number of benzene rings is 2. The van der Waals surface area contributed by atoms with E-state index in [9.17, 15) is 9.90 Å². The Balaban J connectivity index is 1.71. The van der Waals surface area contributed by atoms with E-state index in [0.29, 0.717) is 12.1 Å². The SMILES string of the molecule is O=C(Cc1ccccc1)C1=CN(c2ccccc2)C2=C(C=NCC2)C1O. The summed E-state index contributed by atoms with van der Waals surface area (Å²) in [6.07, 6.45) is 3.59. The predicted molar refractivity (Wildman–Crippen MR) is 103 cm³/mol. The fourth-order valence-electron chi connectivity index (χ4n) is 3.42. The van der Waals surface area contributed by atoms with Crippen LogP contribution >= 0.6 is 0 Å². The van der Waals surface area contributed by atoms with Crippen LogP contribution in [0.25, 0.3) is 0 Å². The summed E-state index contributed by atoms with van der Waals surface area (Å²) in [6, 6.07) is 19.5. The van der Waals surface area contributed by atoms with Crippen LogP contribution in [0.15, 0.2) is 88.7 Å². The first-order chi connectivity index (χ1) is 12.7. The molecule has 0 spiro atoms. The van der Waals surface area contributed by atoms with Gasteiger partial charge in [0.05, 0.1) is 0 Å². The quantitative estimate of drug-likeness (QED) is 0.926. The molecule has 2 aliphatic rings. The van der Waals surface area contributed by atoms with E-state index in [4.69, 9.17) is 0 Å². The summed E-state index contributed by atoms with van der Waals surface area (Å²) in [7, 11) is 0. The number of carbonyl (C=O) groups excluding carboxylic acids is 1. The van der Waals surface area contributed by atoms with Crippen LogP contribution < -0.4 is 4.90 Å². The molecule has 26 heavy (non-hydrogen) atoms. The number of aliphatic hydroxyl groups excluding tert-OH is 1. The molecular weight excluding hydrogens is 324 g/mol. The highest BCUT2D eigenvalue weighted by Gasteiger charge is 2.32. The highest BCUT2D eigenvalue weighted by atomic mass is 16.3. The highest BCUT2D eigenvalue weighted by molar-refractivity contribution is 6.02. The Morgan fingerprint density at radius 3 is 2.50 bits per heavy atom. The van der Waals surface area contributed by atoms with Gasteiger partial charge in [0.2, 0.25) is 0 Å². The standard InChI is InChI=1S/C22H20N2O2/c25-21(13-16-7-3-1-4-8-16)19-15-24(17-9-5-2-6-10-17)20-11-12-23-14-18(20)22(19)26/h1-10,14-15,22,26H,11-13H2. The van der Waals surface area contributed by atoms with Gasteiger partial charge in [0.1, 0.15) is 6.10 Å². The van der Waals surface area contributed by atoms with Crippen LogP contribution in [-0.4, -0.2) is 29.8 Å². The van der Waals surface area contributed by atoms with Crippen LogP contribution in [0.5, 0.6) is 0 Å². The number of aliphatic hydroxyl groups is 1. The zero-order chi connectivity index (χ0) is 17.9. The third-order valence-corrected chi connectivity index (χ3v) is 4.75. The summed E-state index contributed by atoms with van der Waals surface area (Å²) in [5, 5.41) is 10.8. The molecule has 2 heterocycles. The first-order valence-electron chi connectivity index (χ1n) is 8.78. The van der Waals surface area contributed by atoms with E-state index in [1.165, 1.54) is 0 Å². The van der Waals surface area contributed by atoms with Gasteiger partial charge in [-0.2, -0.15) is 0 Å². The van der Waals surface area contributed by atoms with Gasteiger partial charge in [-0.05, 0) is 17.7 Å². The van der Waals surface area contributed by atoms with Gasteiger partial charge in [-0.15, -0.1) is 0 Å². The van der Waals surface area contributed by atoms with Gasteiger partial charge >= 0.3 is 0 Å². The molecule has 1 N–H and O–H groups in total. The lowest BCUT2D eigenvalue weighted by atomic mass is 9.89. The van der Waals surface area contributed by atoms with Gasteiger partial charge in [0.15, 0.2) is 5.78 Å². The molecule has 0 amide bonds. The van der Waals surface area contributed by atoms with E-state index in [0.717, 1.165) is 28.9 Å². The molecule has 4 rings (SSSR count). The minimum atomic E-state index is -0.926. The van der Waals surface area contributed by atoms with E-state index in [1.807, 2.05) is 65.6 Å². The number of para-hydroxylation sites is 1. The van der Waals surface area contributed by atoms with Crippen LogP contribution in [0.4, 0.5) is 5.69 Å². The number of aliphatic imine (C=N–C) groups is 1. The summed E-state index contributed by atoms with van der Waals surface area (Å²) in [4.78, 5) is 19.2. The molecule has 0 aromatic heterocycles. The first kappa shape index (κ1) is 16.5. The third-order valence-electron chi connectivity index (χ3n) is 4.75. The van der Waals surface area contributed by atoms with Crippen LogP contribution in [0, 0.1) is 0 Å². The van der Waals surface area contributed by atoms with Crippen molar-refractivity contribution in [2.24, 2.45) is 4.99 Å². The molecule has 2 aromatic rings. The summed E-state index contributed by atoms with van der Waals surface area (Å²) >= 11 is 0. The fourth-order valence-corrected chi connectivity index (χ4v) is 3.42. The largest absolute Gasteiger partial charge is 0.383 e. The van der Waals surface area contributed by atoms with Gasteiger partial charge in [-0.1, -0.05) is 48.5 Å². The lowest BCUT2D eigenvalue weighted by Gasteiger charge is -2.34. The number of rotatable bonds is 4. The lowest BCUT2D eigenvalue weighted by Crippen LogP contribution is -2.35. The summed E-state index contributed by atoms with van der Waals surface area (Å²) < 4.78 is 0. The van der Waals surface area contributed by atoms with Gasteiger partial charge in [-0.25, -0.2) is 0 Å². The average molecular weight is 344 g/mol. The Morgan fingerprint density at radius 1 is 1.08 bits per heavy atom. The van der Waals surface area contributed by atoms with Crippen molar-refractivity contribution in [3.63, 3.8) is 0 Å².